The molecule has 0 spiro atoms. The minimum atomic E-state index is -2.60. The van der Waals surface area contributed by atoms with E-state index in [1.54, 1.807) is 4.90 Å². The molecule has 0 saturated carbocycles. The van der Waals surface area contributed by atoms with E-state index in [1.807, 2.05) is 23.1 Å². The highest BCUT2D eigenvalue weighted by Gasteiger charge is 2.36. The molecule has 3 aliphatic rings. The summed E-state index contributed by atoms with van der Waals surface area (Å²) in [5.41, 5.74) is 2.89. The lowest BCUT2D eigenvalue weighted by Gasteiger charge is -2.41. The molecule has 236 valence electrons. The fourth-order valence-corrected chi connectivity index (χ4v) is 6.83. The molecule has 0 aliphatic carbocycles. The Morgan fingerprint density at radius 1 is 1.11 bits per heavy atom. The van der Waals surface area contributed by atoms with Crippen LogP contribution in [0.2, 0.25) is 5.02 Å². The number of piperazine rings is 1. The van der Waals surface area contributed by atoms with Gasteiger partial charge in [0.1, 0.15) is 18.5 Å². The van der Waals surface area contributed by atoms with Crippen LogP contribution >= 0.6 is 11.6 Å². The molecule has 45 heavy (non-hydrogen) atoms. The van der Waals surface area contributed by atoms with Crippen molar-refractivity contribution in [3.8, 4) is 6.01 Å². The molecule has 2 fully saturated rings. The summed E-state index contributed by atoms with van der Waals surface area (Å²) in [7, 11) is 0. The summed E-state index contributed by atoms with van der Waals surface area (Å²) in [5.74, 6) is -2.03. The normalized spacial score (nSPS) is 20.0. The standard InChI is InChI=1S/C33H36ClF2N7O2/c1-3-29(44)43-17-16-42(21-24(43)20-37-2)31-25-10-13-41(28-9-5-7-23-6-4-8-26(34)30(23)28)22-27(25)38-32(39-31)45-19-18-40-14-11-33(35,36)12-15-40/h3-9,24H,1,10-22H2/t24-/m0/s1. The maximum absolute atomic E-state index is 13.6. The number of rotatable bonds is 8. The van der Waals surface area contributed by atoms with Gasteiger partial charge in [-0.25, -0.2) is 15.4 Å². The van der Waals surface area contributed by atoms with Crippen LogP contribution in [-0.2, 0) is 17.8 Å². The van der Waals surface area contributed by atoms with Crippen molar-refractivity contribution in [3.05, 3.63) is 76.8 Å². The molecule has 2 saturated heterocycles. The molecule has 0 N–H and O–H groups in total. The first-order valence-corrected chi connectivity index (χ1v) is 15.7. The first-order chi connectivity index (χ1) is 21.8. The molecule has 0 bridgehead atoms. The van der Waals surface area contributed by atoms with Crippen LogP contribution in [0.1, 0.15) is 24.1 Å². The SMILES string of the molecule is [C-]#[N+]C[C@H]1CN(c2nc(OCCN3CCC(F)(F)CC3)nc3c2CCN(c2cccc4cccc(Cl)c24)C3)CCN1C(=O)C=C. The molecular weight excluding hydrogens is 600 g/mol. The Hall–Kier alpha value is -4.01. The molecule has 9 nitrogen and oxygen atoms in total. The quantitative estimate of drug-likeness (QED) is 0.253. The van der Waals surface area contributed by atoms with Crippen LogP contribution in [-0.4, -0.2) is 96.6 Å². The van der Waals surface area contributed by atoms with E-state index in [2.05, 4.69) is 39.4 Å². The van der Waals surface area contributed by atoms with Gasteiger partial charge in [0, 0.05) is 75.3 Å². The highest BCUT2D eigenvalue weighted by atomic mass is 35.5. The van der Waals surface area contributed by atoms with Gasteiger partial charge < -0.3 is 24.3 Å². The van der Waals surface area contributed by atoms with Crippen LogP contribution in [0.25, 0.3) is 15.6 Å². The van der Waals surface area contributed by atoms with Gasteiger partial charge in [-0.3, -0.25) is 9.69 Å². The second-order valence-corrected chi connectivity index (χ2v) is 12.2. The summed E-state index contributed by atoms with van der Waals surface area (Å²) in [6.45, 7) is 15.4. The number of alkyl halides is 2. The Kier molecular flexibility index (Phi) is 9.06. The largest absolute Gasteiger partial charge is 0.462 e. The third-order valence-corrected chi connectivity index (χ3v) is 9.28. The fourth-order valence-electron chi connectivity index (χ4n) is 6.55. The van der Waals surface area contributed by atoms with Crippen LogP contribution in [0.5, 0.6) is 6.01 Å². The van der Waals surface area contributed by atoms with Crippen molar-refractivity contribution in [2.45, 2.75) is 37.8 Å². The highest BCUT2D eigenvalue weighted by Crippen LogP contribution is 2.37. The predicted octanol–water partition coefficient (Wildman–Crippen LogP) is 5.08. The van der Waals surface area contributed by atoms with Gasteiger partial charge in [0.2, 0.25) is 12.5 Å². The number of anilines is 2. The van der Waals surface area contributed by atoms with E-state index in [-0.39, 0.29) is 44.0 Å². The summed E-state index contributed by atoms with van der Waals surface area (Å²) >= 11 is 6.67. The number of likely N-dealkylation sites (tertiary alicyclic amines) is 1. The molecule has 1 atom stereocenters. The smallest absolute Gasteiger partial charge is 0.318 e. The van der Waals surface area contributed by atoms with E-state index in [0.29, 0.717) is 57.3 Å². The Bertz CT molecular complexity index is 1620. The lowest BCUT2D eigenvalue weighted by Crippen LogP contribution is -2.56. The summed E-state index contributed by atoms with van der Waals surface area (Å²) in [4.78, 5) is 34.0. The van der Waals surface area contributed by atoms with Crippen LogP contribution < -0.4 is 14.5 Å². The number of hydrogen-bond donors (Lipinski definition) is 0. The van der Waals surface area contributed by atoms with Crippen molar-refractivity contribution in [2.75, 3.05) is 68.8 Å². The van der Waals surface area contributed by atoms with Gasteiger partial charge in [-0.15, -0.1) is 0 Å². The van der Waals surface area contributed by atoms with Crippen LogP contribution in [0.4, 0.5) is 20.3 Å². The predicted molar refractivity (Wildman–Crippen MR) is 171 cm³/mol. The van der Waals surface area contributed by atoms with Gasteiger partial charge in [-0.1, -0.05) is 42.4 Å². The zero-order chi connectivity index (χ0) is 31.6. The maximum Gasteiger partial charge on any atom is 0.318 e. The number of aromatic nitrogens is 2. The van der Waals surface area contributed by atoms with Crippen molar-refractivity contribution >= 4 is 39.8 Å². The van der Waals surface area contributed by atoms with Gasteiger partial charge in [-0.05, 0) is 30.0 Å². The first-order valence-electron chi connectivity index (χ1n) is 15.3. The molecule has 3 aromatic rings. The number of fused-ring (bicyclic) bond motifs is 2. The lowest BCUT2D eigenvalue weighted by molar-refractivity contribution is -0.128. The zero-order valence-electron chi connectivity index (χ0n) is 25.1. The summed E-state index contributed by atoms with van der Waals surface area (Å²) in [6, 6.07) is 12.0. The maximum atomic E-state index is 13.6. The number of halogens is 3. The van der Waals surface area contributed by atoms with E-state index in [9.17, 15) is 13.6 Å². The lowest BCUT2D eigenvalue weighted by atomic mass is 10.0. The minimum absolute atomic E-state index is 0.146. The van der Waals surface area contributed by atoms with E-state index < -0.39 is 5.92 Å². The van der Waals surface area contributed by atoms with Gasteiger partial charge in [0.25, 0.3) is 5.92 Å². The summed E-state index contributed by atoms with van der Waals surface area (Å²) in [6.07, 6.45) is 1.69. The highest BCUT2D eigenvalue weighted by molar-refractivity contribution is 6.36. The van der Waals surface area contributed by atoms with Crippen molar-refractivity contribution in [1.82, 2.24) is 19.8 Å². The molecule has 2 aromatic carbocycles. The van der Waals surface area contributed by atoms with Crippen LogP contribution in [0.15, 0.2) is 49.1 Å². The fraction of sp³-hybridized carbons (Fsp3) is 0.455. The molecule has 12 heteroatoms. The van der Waals surface area contributed by atoms with Gasteiger partial charge in [0.15, 0.2) is 0 Å². The van der Waals surface area contributed by atoms with E-state index in [1.165, 1.54) is 6.08 Å². The van der Waals surface area contributed by atoms with Crippen LogP contribution in [0, 0.1) is 6.57 Å². The van der Waals surface area contributed by atoms with E-state index in [4.69, 9.17) is 32.9 Å². The van der Waals surface area contributed by atoms with Crippen molar-refractivity contribution in [2.24, 2.45) is 0 Å². The average molecular weight is 636 g/mol. The Morgan fingerprint density at radius 2 is 1.89 bits per heavy atom. The number of ether oxygens (including phenoxy) is 1. The van der Waals surface area contributed by atoms with Gasteiger partial charge in [0.05, 0.1) is 17.3 Å². The molecule has 1 aromatic heterocycles. The van der Waals surface area contributed by atoms with E-state index in [0.717, 1.165) is 40.1 Å². The Morgan fingerprint density at radius 3 is 2.64 bits per heavy atom. The second kappa shape index (κ2) is 13.2. The second-order valence-electron chi connectivity index (χ2n) is 11.8. The number of carbonyl (C=O) groups is 1. The molecular formula is C33H36ClF2N7O2. The third kappa shape index (κ3) is 6.67. The number of hydrogen-bond acceptors (Lipinski definition) is 7. The number of nitrogens with zero attached hydrogens (tertiary/aromatic N) is 7. The van der Waals surface area contributed by atoms with Crippen LogP contribution in [0.3, 0.4) is 0 Å². The average Bonchev–Trinajstić information content (AvgIpc) is 3.04. The van der Waals surface area contributed by atoms with Gasteiger partial charge >= 0.3 is 6.01 Å². The molecule has 3 aliphatic heterocycles. The minimum Gasteiger partial charge on any atom is -0.462 e. The van der Waals surface area contributed by atoms with E-state index >= 15 is 0 Å². The third-order valence-electron chi connectivity index (χ3n) is 8.96. The van der Waals surface area contributed by atoms with Gasteiger partial charge in [-0.2, -0.15) is 9.97 Å². The van der Waals surface area contributed by atoms with Crippen molar-refractivity contribution in [3.63, 3.8) is 0 Å². The first kappa shape index (κ1) is 31.0. The molecule has 4 heterocycles. The van der Waals surface area contributed by atoms with Crippen molar-refractivity contribution in [1.29, 1.82) is 0 Å². The summed E-state index contributed by atoms with van der Waals surface area (Å²) < 4.78 is 33.4. The van der Waals surface area contributed by atoms with Crippen molar-refractivity contribution < 1.29 is 18.3 Å². The summed E-state index contributed by atoms with van der Waals surface area (Å²) in [5, 5.41) is 2.74. The molecule has 0 unspecified atom stereocenters. The number of piperidine rings is 1. The number of benzene rings is 2. The Balaban J connectivity index is 1.28. The topological polar surface area (TPSA) is 69.4 Å². The molecule has 0 radical (unpaired) electrons. The Labute approximate surface area is 266 Å². The molecule has 1 amide bonds. The number of amides is 1. The number of carbonyl (C=O) groups excluding carboxylic acids is 1. The zero-order valence-corrected chi connectivity index (χ0v) is 25.9. The monoisotopic (exact) mass is 635 g/mol. The molecule has 6 rings (SSSR count).